The molecule has 0 amide bonds. The monoisotopic (exact) mass is 201 g/mol. The molecule has 0 aromatic heterocycles. The summed E-state index contributed by atoms with van der Waals surface area (Å²) in [5.74, 6) is -0.176. The minimum absolute atomic E-state index is 0.176. The fourth-order valence-corrected chi connectivity index (χ4v) is 0.931. The van der Waals surface area contributed by atoms with Crippen molar-refractivity contribution >= 4 is 14.2 Å². The van der Waals surface area contributed by atoms with Crippen molar-refractivity contribution in [1.82, 2.24) is 4.73 Å². The Bertz CT molecular complexity index is 187. The molecule has 0 atom stereocenters. The van der Waals surface area contributed by atoms with Crippen LogP contribution < -0.4 is 0 Å². The smallest absolute Gasteiger partial charge is 0.324 e. The van der Waals surface area contributed by atoms with E-state index in [0.717, 1.165) is 0 Å². The van der Waals surface area contributed by atoms with Gasteiger partial charge in [-0.3, -0.25) is 4.79 Å². The number of hydrogen-bond donors (Lipinski definition) is 0. The maximum Gasteiger partial charge on any atom is 0.324 e. The summed E-state index contributed by atoms with van der Waals surface area (Å²) in [5, 5.41) is 0. The Balaban J connectivity index is 3.85. The Morgan fingerprint density at radius 2 is 2.08 bits per heavy atom. The zero-order chi connectivity index (χ0) is 10.5. The predicted octanol–water partition coefficient (Wildman–Crippen LogP) is 2.18. The lowest BCUT2D eigenvalue weighted by molar-refractivity contribution is -0.168. The maximum atomic E-state index is 11.2. The number of rotatable bonds is 5. The van der Waals surface area contributed by atoms with Crippen LogP contribution in [0.3, 0.4) is 0 Å². The maximum absolute atomic E-state index is 11.2. The van der Waals surface area contributed by atoms with Crippen LogP contribution in [0.1, 0.15) is 12.8 Å². The highest BCUT2D eigenvalue weighted by Crippen LogP contribution is 2.08. The van der Waals surface area contributed by atoms with Gasteiger partial charge < -0.3 is 4.84 Å². The van der Waals surface area contributed by atoms with Gasteiger partial charge in [0.25, 0.3) is 0 Å². The zero-order valence-electron chi connectivity index (χ0n) is 8.96. The molecule has 4 heteroatoms. The van der Waals surface area contributed by atoms with Gasteiger partial charge in [-0.05, 0) is 6.42 Å². The Morgan fingerprint density at radius 3 is 2.46 bits per heavy atom. The predicted molar refractivity (Wildman–Crippen MR) is 56.6 cm³/mol. The highest BCUT2D eigenvalue weighted by atomic mass is 28.3. The van der Waals surface area contributed by atoms with Gasteiger partial charge in [0.2, 0.25) is 0 Å². The summed E-state index contributed by atoms with van der Waals surface area (Å²) in [5.41, 5.74) is 0. The molecule has 0 bridgehead atoms. The van der Waals surface area contributed by atoms with Crippen LogP contribution >= 0.6 is 0 Å². The van der Waals surface area contributed by atoms with Gasteiger partial charge in [-0.1, -0.05) is 25.7 Å². The fraction of sp³-hybridized carbons (Fsp3) is 0.667. The molecule has 0 aromatic rings. The number of hydrogen-bond acceptors (Lipinski definition) is 3. The third-order valence-corrected chi connectivity index (χ3v) is 3.72. The van der Waals surface area contributed by atoms with Gasteiger partial charge >= 0.3 is 5.97 Å². The van der Waals surface area contributed by atoms with Crippen LogP contribution in [0.5, 0.6) is 0 Å². The minimum Gasteiger partial charge on any atom is -0.376 e. The summed E-state index contributed by atoms with van der Waals surface area (Å²) >= 11 is 0. The van der Waals surface area contributed by atoms with E-state index in [1.54, 1.807) is 10.8 Å². The number of hydroxylamine groups is 1. The molecule has 0 saturated carbocycles. The van der Waals surface area contributed by atoms with E-state index in [1.165, 1.54) is 0 Å². The summed E-state index contributed by atoms with van der Waals surface area (Å²) in [6.45, 7) is 9.90. The molecule has 0 saturated heterocycles. The van der Waals surface area contributed by atoms with Gasteiger partial charge in [0.05, 0.1) is 6.42 Å². The van der Waals surface area contributed by atoms with Crippen molar-refractivity contribution in [3.05, 3.63) is 12.7 Å². The molecule has 0 unspecified atom stereocenters. The topological polar surface area (TPSA) is 29.5 Å². The van der Waals surface area contributed by atoms with E-state index in [4.69, 9.17) is 4.84 Å². The molecule has 0 radical (unpaired) electrons. The summed E-state index contributed by atoms with van der Waals surface area (Å²) < 4.78 is 1.71. The number of nitrogens with zero attached hydrogens (tertiary/aromatic N) is 1. The molecule has 0 rings (SSSR count). The van der Waals surface area contributed by atoms with Crippen molar-refractivity contribution in [1.29, 1.82) is 0 Å². The molecule has 0 heterocycles. The summed E-state index contributed by atoms with van der Waals surface area (Å²) in [4.78, 5) is 16.3. The molecule has 0 aromatic carbocycles. The third-order valence-electron chi connectivity index (χ3n) is 1.74. The van der Waals surface area contributed by atoms with Gasteiger partial charge in [0, 0.05) is 7.05 Å². The Hall–Kier alpha value is -0.613. The SMILES string of the molecule is C=CCCC(=O)ON(C)[Si](C)(C)C. The Labute approximate surface area is 81.4 Å². The van der Waals surface area contributed by atoms with Gasteiger partial charge in [0.15, 0.2) is 8.24 Å². The van der Waals surface area contributed by atoms with Gasteiger partial charge in [-0.25, -0.2) is 0 Å². The van der Waals surface area contributed by atoms with Crippen LogP contribution in [0.2, 0.25) is 19.6 Å². The number of carbonyl (C=O) groups excluding carboxylic acids is 1. The second-order valence-corrected chi connectivity index (χ2v) is 8.93. The molecule has 0 N–H and O–H groups in total. The molecule has 0 aliphatic rings. The van der Waals surface area contributed by atoms with Crippen LogP contribution in [0, 0.1) is 0 Å². The zero-order valence-corrected chi connectivity index (χ0v) is 9.96. The van der Waals surface area contributed by atoms with E-state index in [2.05, 4.69) is 26.2 Å². The van der Waals surface area contributed by atoms with E-state index in [-0.39, 0.29) is 5.97 Å². The summed E-state index contributed by atoms with van der Waals surface area (Å²) in [6.07, 6.45) is 2.81. The number of carbonyl (C=O) groups is 1. The van der Waals surface area contributed by atoms with Crippen LogP contribution in [0.15, 0.2) is 12.7 Å². The summed E-state index contributed by atoms with van der Waals surface area (Å²) in [6, 6.07) is 0. The molecule has 13 heavy (non-hydrogen) atoms. The van der Waals surface area contributed by atoms with Crippen molar-refractivity contribution in [2.45, 2.75) is 32.5 Å². The molecule has 76 valence electrons. The molecule has 0 aliphatic carbocycles. The molecule has 3 nitrogen and oxygen atoms in total. The van der Waals surface area contributed by atoms with E-state index >= 15 is 0 Å². The van der Waals surface area contributed by atoms with Crippen molar-refractivity contribution in [3.8, 4) is 0 Å². The van der Waals surface area contributed by atoms with E-state index in [9.17, 15) is 4.79 Å². The van der Waals surface area contributed by atoms with E-state index in [0.29, 0.717) is 12.8 Å². The molecule has 0 spiro atoms. The van der Waals surface area contributed by atoms with Gasteiger partial charge in [-0.2, -0.15) is 4.73 Å². The molecular weight excluding hydrogens is 182 g/mol. The Kier molecular flexibility index (Phi) is 4.94. The van der Waals surface area contributed by atoms with E-state index in [1.807, 2.05) is 7.05 Å². The first-order valence-corrected chi connectivity index (χ1v) is 7.88. The number of allylic oxidation sites excluding steroid dienone is 1. The lowest BCUT2D eigenvalue weighted by Crippen LogP contribution is -2.44. The van der Waals surface area contributed by atoms with Crippen LogP contribution in [-0.4, -0.2) is 26.0 Å². The highest BCUT2D eigenvalue weighted by molar-refractivity contribution is 6.73. The minimum atomic E-state index is -1.50. The van der Waals surface area contributed by atoms with Crippen LogP contribution in [0.4, 0.5) is 0 Å². The summed E-state index contributed by atoms with van der Waals surface area (Å²) in [7, 11) is 0.319. The average molecular weight is 201 g/mol. The average Bonchev–Trinajstić information content (AvgIpc) is 1.99. The van der Waals surface area contributed by atoms with E-state index < -0.39 is 8.24 Å². The first kappa shape index (κ1) is 12.4. The van der Waals surface area contributed by atoms with Crippen molar-refractivity contribution in [2.24, 2.45) is 0 Å². The second-order valence-electron chi connectivity index (χ2n) is 3.96. The largest absolute Gasteiger partial charge is 0.376 e. The van der Waals surface area contributed by atoms with Crippen LogP contribution in [-0.2, 0) is 9.63 Å². The van der Waals surface area contributed by atoms with Gasteiger partial charge in [-0.15, -0.1) is 6.58 Å². The van der Waals surface area contributed by atoms with Crippen molar-refractivity contribution < 1.29 is 9.63 Å². The normalized spacial score (nSPS) is 11.5. The van der Waals surface area contributed by atoms with Gasteiger partial charge in [0.1, 0.15) is 0 Å². The fourth-order valence-electron chi connectivity index (χ4n) is 0.555. The molecular formula is C9H19NO2Si. The highest BCUT2D eigenvalue weighted by Gasteiger charge is 2.23. The molecule has 0 fully saturated rings. The third kappa shape index (κ3) is 5.60. The van der Waals surface area contributed by atoms with Crippen molar-refractivity contribution in [3.63, 3.8) is 0 Å². The van der Waals surface area contributed by atoms with Crippen LogP contribution in [0.25, 0.3) is 0 Å². The van der Waals surface area contributed by atoms with Crippen molar-refractivity contribution in [2.75, 3.05) is 7.05 Å². The first-order valence-electron chi connectivity index (χ1n) is 4.43. The standard InChI is InChI=1S/C9H19NO2Si/c1-6-7-8-9(11)12-10(2)13(3,4)5/h6H,1,7-8H2,2-5H3. The Morgan fingerprint density at radius 1 is 1.54 bits per heavy atom. The first-order chi connectivity index (χ1) is 5.88. The lowest BCUT2D eigenvalue weighted by Gasteiger charge is -2.27. The second kappa shape index (κ2) is 5.19. The molecule has 0 aliphatic heterocycles. The lowest BCUT2D eigenvalue weighted by atomic mass is 10.3. The quantitative estimate of drug-likeness (QED) is 0.388.